The molecule has 0 spiro atoms. The minimum atomic E-state index is -1.18. The van der Waals surface area contributed by atoms with E-state index in [0.717, 1.165) is 0 Å². The molecule has 24 heavy (non-hydrogen) atoms. The van der Waals surface area contributed by atoms with Crippen molar-refractivity contribution >= 4 is 23.3 Å². The van der Waals surface area contributed by atoms with E-state index in [2.05, 4.69) is 5.32 Å². The third kappa shape index (κ3) is 4.29. The van der Waals surface area contributed by atoms with Crippen LogP contribution in [-0.4, -0.2) is 27.9 Å². The van der Waals surface area contributed by atoms with Crippen LogP contribution in [0.15, 0.2) is 48.5 Å². The molecule has 0 fully saturated rings. The van der Waals surface area contributed by atoms with Gasteiger partial charge in [0, 0.05) is 29.8 Å². The lowest BCUT2D eigenvalue weighted by Gasteiger charge is -2.15. The maximum Gasteiger partial charge on any atom is 0.326 e. The highest BCUT2D eigenvalue weighted by Crippen LogP contribution is 2.13. The van der Waals surface area contributed by atoms with Gasteiger partial charge in [-0.3, -0.25) is 14.9 Å². The Morgan fingerprint density at radius 3 is 2.21 bits per heavy atom. The molecule has 0 saturated heterocycles. The fourth-order valence-corrected chi connectivity index (χ4v) is 2.07. The SMILES string of the molecule is Nc1ccc(CC(NC(=O)c2ccc([N+](=O)[O-])cc2)C(=O)O)cc1. The first-order valence-corrected chi connectivity index (χ1v) is 6.99. The molecule has 8 heteroatoms. The van der Waals surface area contributed by atoms with Gasteiger partial charge in [0.25, 0.3) is 11.6 Å². The second kappa shape index (κ2) is 7.23. The van der Waals surface area contributed by atoms with E-state index in [1.165, 1.54) is 24.3 Å². The van der Waals surface area contributed by atoms with Gasteiger partial charge in [0.2, 0.25) is 0 Å². The van der Waals surface area contributed by atoms with Gasteiger partial charge in [-0.05, 0) is 29.8 Å². The summed E-state index contributed by atoms with van der Waals surface area (Å²) < 4.78 is 0. The summed E-state index contributed by atoms with van der Waals surface area (Å²) in [5, 5.41) is 22.3. The first kappa shape index (κ1) is 16.9. The van der Waals surface area contributed by atoms with Gasteiger partial charge < -0.3 is 16.2 Å². The van der Waals surface area contributed by atoms with E-state index < -0.39 is 22.8 Å². The van der Waals surface area contributed by atoms with Crippen molar-refractivity contribution in [3.63, 3.8) is 0 Å². The van der Waals surface area contributed by atoms with Crippen molar-refractivity contribution < 1.29 is 19.6 Å². The van der Waals surface area contributed by atoms with Crippen LogP contribution in [0, 0.1) is 10.1 Å². The second-order valence-electron chi connectivity index (χ2n) is 5.11. The largest absolute Gasteiger partial charge is 0.480 e. The van der Waals surface area contributed by atoms with Crippen LogP contribution in [0.3, 0.4) is 0 Å². The lowest BCUT2D eigenvalue weighted by molar-refractivity contribution is -0.384. The number of nitrogens with one attached hydrogen (secondary N) is 1. The second-order valence-corrected chi connectivity index (χ2v) is 5.11. The summed E-state index contributed by atoms with van der Waals surface area (Å²) in [6, 6.07) is 10.4. The highest BCUT2D eigenvalue weighted by atomic mass is 16.6. The van der Waals surface area contributed by atoms with Crippen LogP contribution < -0.4 is 11.1 Å². The number of nitrogens with zero attached hydrogens (tertiary/aromatic N) is 1. The molecule has 2 aromatic carbocycles. The Bertz CT molecular complexity index is 756. The molecule has 0 aliphatic heterocycles. The number of hydrogen-bond acceptors (Lipinski definition) is 5. The molecule has 0 heterocycles. The summed E-state index contributed by atoms with van der Waals surface area (Å²) in [4.78, 5) is 33.5. The van der Waals surface area contributed by atoms with Gasteiger partial charge in [0.05, 0.1) is 4.92 Å². The number of rotatable bonds is 6. The first-order chi connectivity index (χ1) is 11.4. The van der Waals surface area contributed by atoms with E-state index in [-0.39, 0.29) is 17.7 Å². The molecule has 1 amide bonds. The molecule has 124 valence electrons. The number of nitrogen functional groups attached to an aromatic ring is 1. The predicted molar refractivity (Wildman–Crippen MR) is 86.5 cm³/mol. The van der Waals surface area contributed by atoms with Gasteiger partial charge in [-0.2, -0.15) is 0 Å². The zero-order chi connectivity index (χ0) is 17.7. The highest BCUT2D eigenvalue weighted by Gasteiger charge is 2.21. The fourth-order valence-electron chi connectivity index (χ4n) is 2.07. The molecular formula is C16H15N3O5. The number of benzene rings is 2. The summed E-state index contributed by atoms with van der Waals surface area (Å²) in [6.45, 7) is 0. The number of aliphatic carboxylic acids is 1. The quantitative estimate of drug-likeness (QED) is 0.418. The Labute approximate surface area is 137 Å². The summed E-state index contributed by atoms with van der Waals surface area (Å²) in [5.74, 6) is -1.80. The van der Waals surface area contributed by atoms with Gasteiger partial charge >= 0.3 is 5.97 Å². The molecule has 0 bridgehead atoms. The van der Waals surface area contributed by atoms with Gasteiger partial charge in [0.15, 0.2) is 0 Å². The first-order valence-electron chi connectivity index (χ1n) is 6.99. The van der Waals surface area contributed by atoms with Gasteiger partial charge in [0.1, 0.15) is 6.04 Å². The molecule has 0 aliphatic carbocycles. The van der Waals surface area contributed by atoms with Gasteiger partial charge in [-0.15, -0.1) is 0 Å². The third-order valence-electron chi connectivity index (χ3n) is 3.36. The predicted octanol–water partition coefficient (Wildman–Crippen LogP) is 1.60. The van der Waals surface area contributed by atoms with Crippen LogP contribution in [0.5, 0.6) is 0 Å². The number of carbonyl (C=O) groups is 2. The monoisotopic (exact) mass is 329 g/mol. The minimum Gasteiger partial charge on any atom is -0.480 e. The molecule has 2 aromatic rings. The standard InChI is InChI=1S/C16H15N3O5/c17-12-5-1-10(2-6-12)9-14(16(21)22)18-15(20)11-3-7-13(8-4-11)19(23)24/h1-8,14H,9,17H2,(H,18,20)(H,21,22). The van der Waals surface area contributed by atoms with E-state index in [4.69, 9.17) is 5.73 Å². The van der Waals surface area contributed by atoms with Crippen LogP contribution >= 0.6 is 0 Å². The van der Waals surface area contributed by atoms with Gasteiger partial charge in [-0.25, -0.2) is 4.79 Å². The van der Waals surface area contributed by atoms with E-state index in [9.17, 15) is 24.8 Å². The molecule has 1 atom stereocenters. The van der Waals surface area contributed by atoms with Crippen molar-refractivity contribution in [1.82, 2.24) is 5.32 Å². The lowest BCUT2D eigenvalue weighted by Crippen LogP contribution is -2.42. The average molecular weight is 329 g/mol. The number of amides is 1. The van der Waals surface area contributed by atoms with E-state index in [1.807, 2.05) is 0 Å². The molecular weight excluding hydrogens is 314 g/mol. The number of carboxylic acids is 1. The number of carbonyl (C=O) groups excluding carboxylic acids is 1. The van der Waals surface area contributed by atoms with E-state index in [1.54, 1.807) is 24.3 Å². The number of anilines is 1. The lowest BCUT2D eigenvalue weighted by atomic mass is 10.0. The number of nitro groups is 1. The summed E-state index contributed by atoms with van der Waals surface area (Å²) in [5.41, 5.74) is 6.83. The Morgan fingerprint density at radius 2 is 1.71 bits per heavy atom. The molecule has 0 saturated carbocycles. The molecule has 4 N–H and O–H groups in total. The zero-order valence-corrected chi connectivity index (χ0v) is 12.5. The van der Waals surface area contributed by atoms with Crippen LogP contribution in [0.1, 0.15) is 15.9 Å². The number of carboxylic acid groups (broad SMARTS) is 1. The molecule has 8 nitrogen and oxygen atoms in total. The Balaban J connectivity index is 2.09. The maximum atomic E-state index is 12.1. The van der Waals surface area contributed by atoms with Gasteiger partial charge in [-0.1, -0.05) is 12.1 Å². The van der Waals surface area contributed by atoms with Crippen molar-refractivity contribution in [3.8, 4) is 0 Å². The molecule has 0 aliphatic rings. The summed E-state index contributed by atoms with van der Waals surface area (Å²) in [7, 11) is 0. The molecule has 0 radical (unpaired) electrons. The van der Waals surface area contributed by atoms with E-state index in [0.29, 0.717) is 11.3 Å². The Morgan fingerprint density at radius 1 is 1.12 bits per heavy atom. The number of hydrogen-bond donors (Lipinski definition) is 3. The Hall–Kier alpha value is -3.42. The summed E-state index contributed by atoms with van der Waals surface area (Å²) >= 11 is 0. The van der Waals surface area contributed by atoms with Crippen LogP contribution in [0.2, 0.25) is 0 Å². The van der Waals surface area contributed by atoms with Crippen molar-refractivity contribution in [1.29, 1.82) is 0 Å². The van der Waals surface area contributed by atoms with Crippen LogP contribution in [0.25, 0.3) is 0 Å². The van der Waals surface area contributed by atoms with Crippen LogP contribution in [0.4, 0.5) is 11.4 Å². The Kier molecular flexibility index (Phi) is 5.10. The topological polar surface area (TPSA) is 136 Å². The molecule has 1 unspecified atom stereocenters. The van der Waals surface area contributed by atoms with Crippen LogP contribution in [-0.2, 0) is 11.2 Å². The normalized spacial score (nSPS) is 11.5. The number of nitrogens with two attached hydrogens (primary N) is 1. The molecule has 0 aromatic heterocycles. The summed E-state index contributed by atoms with van der Waals surface area (Å²) in [6.07, 6.45) is 0.0916. The average Bonchev–Trinajstić information content (AvgIpc) is 2.56. The van der Waals surface area contributed by atoms with Crippen molar-refractivity contribution in [2.24, 2.45) is 0 Å². The maximum absolute atomic E-state index is 12.1. The van der Waals surface area contributed by atoms with Crippen molar-refractivity contribution in [3.05, 3.63) is 69.8 Å². The highest BCUT2D eigenvalue weighted by molar-refractivity contribution is 5.96. The van der Waals surface area contributed by atoms with E-state index >= 15 is 0 Å². The fraction of sp³-hybridized carbons (Fsp3) is 0.125. The molecule has 2 rings (SSSR count). The zero-order valence-electron chi connectivity index (χ0n) is 12.5. The number of non-ortho nitro benzene ring substituents is 1. The minimum absolute atomic E-state index is 0.0916. The van der Waals surface area contributed by atoms with Crippen molar-refractivity contribution in [2.75, 3.05) is 5.73 Å². The third-order valence-corrected chi connectivity index (χ3v) is 3.36. The number of nitro benzene ring substituents is 1. The smallest absolute Gasteiger partial charge is 0.326 e. The van der Waals surface area contributed by atoms with Crippen molar-refractivity contribution in [2.45, 2.75) is 12.5 Å².